The molecule has 1 unspecified atom stereocenters. The molecular formula is C11H14O5S2. The first-order valence-corrected chi connectivity index (χ1v) is 8.06. The van der Waals surface area contributed by atoms with Crippen molar-refractivity contribution in [3.63, 3.8) is 0 Å². The average Bonchev–Trinajstić information content (AvgIpc) is 2.34. The maximum Gasteiger partial charge on any atom is 0.339 e. The van der Waals surface area contributed by atoms with E-state index in [0.29, 0.717) is 10.5 Å². The van der Waals surface area contributed by atoms with Gasteiger partial charge >= 0.3 is 5.97 Å². The summed E-state index contributed by atoms with van der Waals surface area (Å²) in [5.74, 6) is -0.783. The zero-order chi connectivity index (χ0) is 13.9. The predicted octanol–water partition coefficient (Wildman–Crippen LogP) is 1.02. The zero-order valence-electron chi connectivity index (χ0n) is 10.2. The number of methoxy groups -OCH3 is 1. The molecule has 1 atom stereocenters. The normalized spacial score (nSPS) is 13.1. The molecule has 0 amide bonds. The number of hydrogen-bond donors (Lipinski definition) is 1. The number of carbonyl (C=O) groups excluding carboxylic acids is 1. The van der Waals surface area contributed by atoms with E-state index >= 15 is 0 Å². The van der Waals surface area contributed by atoms with E-state index in [0.717, 1.165) is 6.26 Å². The Balaban J connectivity index is 3.26. The monoisotopic (exact) mass is 290 g/mol. The van der Waals surface area contributed by atoms with E-state index < -0.39 is 21.9 Å². The highest BCUT2D eigenvalue weighted by molar-refractivity contribution is 7.99. The maximum absolute atomic E-state index is 11.5. The highest BCUT2D eigenvalue weighted by Gasteiger charge is 2.21. The molecule has 0 aliphatic rings. The summed E-state index contributed by atoms with van der Waals surface area (Å²) in [5, 5.41) is 9.67. The third-order valence-electron chi connectivity index (χ3n) is 2.33. The van der Waals surface area contributed by atoms with Crippen molar-refractivity contribution in [1.82, 2.24) is 0 Å². The molecular weight excluding hydrogens is 276 g/mol. The van der Waals surface area contributed by atoms with Crippen LogP contribution >= 0.6 is 11.8 Å². The van der Waals surface area contributed by atoms with Crippen molar-refractivity contribution in [2.45, 2.75) is 15.9 Å². The first-order valence-electron chi connectivity index (χ1n) is 4.95. The number of carbonyl (C=O) groups is 1. The van der Waals surface area contributed by atoms with E-state index in [1.807, 2.05) is 0 Å². The molecule has 0 fully saturated rings. The van der Waals surface area contributed by atoms with E-state index in [1.54, 1.807) is 6.26 Å². The number of benzene rings is 1. The molecule has 0 saturated carbocycles. The van der Waals surface area contributed by atoms with Gasteiger partial charge in [0.1, 0.15) is 0 Å². The van der Waals surface area contributed by atoms with E-state index in [2.05, 4.69) is 4.74 Å². The number of thioether (sulfide) groups is 1. The van der Waals surface area contributed by atoms with Gasteiger partial charge in [-0.15, -0.1) is 11.8 Å². The Morgan fingerprint density at radius 2 is 2.06 bits per heavy atom. The van der Waals surface area contributed by atoms with Crippen LogP contribution in [0.3, 0.4) is 0 Å². The highest BCUT2D eigenvalue weighted by Crippen LogP contribution is 2.28. The number of aliphatic hydroxyl groups excluding tert-OH is 1. The number of aliphatic hydroxyl groups is 1. The second-order valence-electron chi connectivity index (χ2n) is 3.61. The molecule has 0 saturated heterocycles. The quantitative estimate of drug-likeness (QED) is 0.658. The van der Waals surface area contributed by atoms with Gasteiger partial charge in [0.2, 0.25) is 0 Å². The van der Waals surface area contributed by atoms with E-state index in [-0.39, 0.29) is 4.90 Å². The summed E-state index contributed by atoms with van der Waals surface area (Å²) in [6, 6.07) is 4.25. The lowest BCUT2D eigenvalue weighted by Gasteiger charge is -2.12. The van der Waals surface area contributed by atoms with Crippen LogP contribution in [0.5, 0.6) is 0 Å². The van der Waals surface area contributed by atoms with Crippen molar-refractivity contribution in [3.05, 3.63) is 23.8 Å². The molecule has 18 heavy (non-hydrogen) atoms. The van der Waals surface area contributed by atoms with Crippen LogP contribution in [0.15, 0.2) is 28.0 Å². The summed E-state index contributed by atoms with van der Waals surface area (Å²) < 4.78 is 27.5. The van der Waals surface area contributed by atoms with Crippen LogP contribution in [0.4, 0.5) is 0 Å². The van der Waals surface area contributed by atoms with Crippen LogP contribution in [0.25, 0.3) is 0 Å². The Morgan fingerprint density at radius 1 is 1.44 bits per heavy atom. The molecule has 100 valence electrons. The van der Waals surface area contributed by atoms with Gasteiger partial charge < -0.3 is 9.84 Å². The summed E-state index contributed by atoms with van der Waals surface area (Å²) in [5.41, 5.74) is 0.304. The molecule has 0 radical (unpaired) electrons. The Bertz CT molecular complexity index is 551. The van der Waals surface area contributed by atoms with Gasteiger partial charge in [-0.1, -0.05) is 6.07 Å². The first-order chi connectivity index (χ1) is 8.31. The first kappa shape index (κ1) is 15.0. The zero-order valence-corrected chi connectivity index (χ0v) is 11.8. The summed E-state index contributed by atoms with van der Waals surface area (Å²) in [7, 11) is -2.16. The maximum atomic E-state index is 11.5. The Hall–Kier alpha value is -1.05. The van der Waals surface area contributed by atoms with Crippen LogP contribution in [-0.4, -0.2) is 39.1 Å². The minimum absolute atomic E-state index is 0.177. The molecule has 1 N–H and O–H groups in total. The fourth-order valence-electron chi connectivity index (χ4n) is 1.41. The van der Waals surface area contributed by atoms with Crippen molar-refractivity contribution in [2.75, 3.05) is 19.6 Å². The van der Waals surface area contributed by atoms with Gasteiger partial charge in [-0.3, -0.25) is 0 Å². The molecule has 0 aliphatic heterocycles. The Kier molecular flexibility index (Phi) is 4.78. The summed E-state index contributed by atoms with van der Waals surface area (Å²) >= 11 is 1.23. The number of ether oxygens (including phenoxy) is 1. The van der Waals surface area contributed by atoms with Gasteiger partial charge in [0.25, 0.3) is 0 Å². The van der Waals surface area contributed by atoms with Crippen molar-refractivity contribution in [1.29, 1.82) is 0 Å². The van der Waals surface area contributed by atoms with Gasteiger partial charge in [-0.05, 0) is 24.0 Å². The van der Waals surface area contributed by atoms with Crippen molar-refractivity contribution < 1.29 is 23.1 Å². The van der Waals surface area contributed by atoms with Gasteiger partial charge in [0, 0.05) is 11.2 Å². The number of esters is 1. The number of sulfone groups is 1. The molecule has 0 aromatic heterocycles. The van der Waals surface area contributed by atoms with Crippen molar-refractivity contribution in [2.24, 2.45) is 0 Å². The summed E-state index contributed by atoms with van der Waals surface area (Å²) in [4.78, 5) is 11.9. The minimum Gasteiger partial charge on any atom is -0.467 e. The number of hydrogen-bond acceptors (Lipinski definition) is 6. The third-order valence-corrected chi connectivity index (χ3v) is 4.39. The molecule has 0 aliphatic carbocycles. The summed E-state index contributed by atoms with van der Waals surface area (Å²) in [6.07, 6.45) is 1.42. The average molecular weight is 290 g/mol. The third kappa shape index (κ3) is 3.24. The topological polar surface area (TPSA) is 80.7 Å². The van der Waals surface area contributed by atoms with Gasteiger partial charge in [-0.25, -0.2) is 13.2 Å². The van der Waals surface area contributed by atoms with Crippen LogP contribution in [0, 0.1) is 0 Å². The molecule has 1 aromatic carbocycles. The van der Waals surface area contributed by atoms with Gasteiger partial charge in [0.05, 0.1) is 12.0 Å². The molecule has 0 spiro atoms. The smallest absolute Gasteiger partial charge is 0.339 e. The van der Waals surface area contributed by atoms with Crippen molar-refractivity contribution in [3.8, 4) is 0 Å². The van der Waals surface area contributed by atoms with E-state index in [4.69, 9.17) is 0 Å². The fraction of sp³-hybridized carbons (Fsp3) is 0.364. The van der Waals surface area contributed by atoms with Crippen LogP contribution in [0.2, 0.25) is 0 Å². The predicted molar refractivity (Wildman–Crippen MR) is 68.3 cm³/mol. The van der Waals surface area contributed by atoms with Gasteiger partial charge in [0.15, 0.2) is 15.9 Å². The standard InChI is InChI=1S/C11H14O5S2/c1-16-11(13)10(12)7-4-5-9(18(3,14)15)8(6-7)17-2/h4-6,10,12H,1-3H3. The van der Waals surface area contributed by atoms with Gasteiger partial charge in [-0.2, -0.15) is 0 Å². The second-order valence-corrected chi connectivity index (χ2v) is 6.44. The molecule has 1 rings (SSSR count). The SMILES string of the molecule is COC(=O)C(O)c1ccc(S(C)(=O)=O)c(SC)c1. The minimum atomic E-state index is -3.33. The Labute approximate surface area is 110 Å². The second kappa shape index (κ2) is 5.73. The number of rotatable bonds is 4. The van der Waals surface area contributed by atoms with E-state index in [1.165, 1.54) is 37.1 Å². The molecule has 7 heteroatoms. The van der Waals surface area contributed by atoms with Crippen LogP contribution in [-0.2, 0) is 19.4 Å². The van der Waals surface area contributed by atoms with Crippen LogP contribution in [0.1, 0.15) is 11.7 Å². The Morgan fingerprint density at radius 3 is 2.50 bits per heavy atom. The molecule has 1 aromatic rings. The highest BCUT2D eigenvalue weighted by atomic mass is 32.2. The lowest BCUT2D eigenvalue weighted by atomic mass is 10.1. The molecule has 5 nitrogen and oxygen atoms in total. The lowest BCUT2D eigenvalue weighted by molar-refractivity contribution is -0.150. The van der Waals surface area contributed by atoms with Crippen molar-refractivity contribution >= 4 is 27.6 Å². The molecule has 0 bridgehead atoms. The summed E-state index contributed by atoms with van der Waals surface area (Å²) in [6.45, 7) is 0. The van der Waals surface area contributed by atoms with E-state index in [9.17, 15) is 18.3 Å². The lowest BCUT2D eigenvalue weighted by Crippen LogP contribution is -2.14. The largest absolute Gasteiger partial charge is 0.467 e. The molecule has 0 heterocycles. The fourth-order valence-corrected chi connectivity index (χ4v) is 3.38. The van der Waals surface area contributed by atoms with Crippen LogP contribution < -0.4 is 0 Å².